The summed E-state index contributed by atoms with van der Waals surface area (Å²) in [5.41, 5.74) is 7.83. The van der Waals surface area contributed by atoms with Gasteiger partial charge >= 0.3 is 5.97 Å². The number of amides is 2. The molecule has 4 rings (SSSR count). The van der Waals surface area contributed by atoms with E-state index in [0.29, 0.717) is 52.2 Å². The van der Waals surface area contributed by atoms with Gasteiger partial charge in [-0.3, -0.25) is 19.3 Å². The molecule has 3 aliphatic rings. The number of nitrogens with zero attached hydrogens (tertiary/aromatic N) is 3. The van der Waals surface area contributed by atoms with Gasteiger partial charge in [0.15, 0.2) is 0 Å². The van der Waals surface area contributed by atoms with Crippen molar-refractivity contribution in [2.24, 2.45) is 11.7 Å². The molecule has 0 bridgehead atoms. The van der Waals surface area contributed by atoms with Crippen LogP contribution in [-0.2, 0) is 20.8 Å². The van der Waals surface area contributed by atoms with Gasteiger partial charge in [-0.1, -0.05) is 25.5 Å². The molecular weight excluding hydrogens is 484 g/mol. The summed E-state index contributed by atoms with van der Waals surface area (Å²) in [5, 5.41) is 10.5. The number of carbonyl (C=O) groups is 3. The van der Waals surface area contributed by atoms with Gasteiger partial charge in [0.1, 0.15) is 5.75 Å². The molecule has 3 aliphatic heterocycles. The van der Waals surface area contributed by atoms with Crippen LogP contribution < -0.4 is 10.5 Å². The number of carbonyl (C=O) groups excluding carboxylic acids is 2. The highest BCUT2D eigenvalue weighted by molar-refractivity contribution is 5.79. The molecular formula is C29H44N4O5. The molecule has 2 amide bonds. The van der Waals surface area contributed by atoms with Crippen LogP contribution in [0, 0.1) is 5.92 Å². The highest BCUT2D eigenvalue weighted by Gasteiger charge is 2.47. The normalized spacial score (nSPS) is 23.4. The average Bonchev–Trinajstić information content (AvgIpc) is 3.52. The van der Waals surface area contributed by atoms with Crippen molar-refractivity contribution in [2.45, 2.75) is 70.3 Å². The molecule has 1 unspecified atom stereocenters. The zero-order valence-electron chi connectivity index (χ0n) is 22.8. The summed E-state index contributed by atoms with van der Waals surface area (Å²) in [6, 6.07) is 5.69. The van der Waals surface area contributed by atoms with Crippen molar-refractivity contribution in [1.29, 1.82) is 0 Å². The van der Waals surface area contributed by atoms with Crippen LogP contribution >= 0.6 is 0 Å². The van der Waals surface area contributed by atoms with Gasteiger partial charge in [-0.2, -0.15) is 0 Å². The Morgan fingerprint density at radius 1 is 1.18 bits per heavy atom. The zero-order valence-corrected chi connectivity index (χ0v) is 22.8. The van der Waals surface area contributed by atoms with Crippen LogP contribution in [0.3, 0.4) is 0 Å². The predicted octanol–water partition coefficient (Wildman–Crippen LogP) is 2.47. The Bertz CT molecular complexity index is 978. The van der Waals surface area contributed by atoms with E-state index in [0.717, 1.165) is 61.9 Å². The van der Waals surface area contributed by atoms with E-state index in [-0.39, 0.29) is 30.3 Å². The first-order chi connectivity index (χ1) is 18.4. The maximum absolute atomic E-state index is 13.5. The summed E-state index contributed by atoms with van der Waals surface area (Å²) in [6.45, 7) is 6.51. The number of hydrogen-bond acceptors (Lipinski definition) is 6. The van der Waals surface area contributed by atoms with E-state index in [1.807, 2.05) is 21.9 Å². The minimum Gasteiger partial charge on any atom is -0.493 e. The Kier molecular flexibility index (Phi) is 10.0. The SMILES string of the molecule is CCCCN(CCCN)C(=O)CN1C[C@H](c2ccc3c(c2)CCO3)C(C(=O)O)[C@@H]1CCN1CCCCC1=O. The predicted molar refractivity (Wildman–Crippen MR) is 145 cm³/mol. The van der Waals surface area contributed by atoms with Crippen LogP contribution in [0.4, 0.5) is 0 Å². The van der Waals surface area contributed by atoms with Gasteiger partial charge in [0, 0.05) is 57.5 Å². The number of fused-ring (bicyclic) bond motifs is 1. The summed E-state index contributed by atoms with van der Waals surface area (Å²) in [4.78, 5) is 44.6. The smallest absolute Gasteiger partial charge is 0.308 e. The first-order valence-corrected chi connectivity index (χ1v) is 14.4. The fourth-order valence-electron chi connectivity index (χ4n) is 6.28. The maximum Gasteiger partial charge on any atom is 0.308 e. The monoisotopic (exact) mass is 528 g/mol. The van der Waals surface area contributed by atoms with Crippen LogP contribution in [0.15, 0.2) is 18.2 Å². The quantitative estimate of drug-likeness (QED) is 0.404. The number of piperidine rings is 1. The molecule has 2 saturated heterocycles. The number of carboxylic acids is 1. The van der Waals surface area contributed by atoms with Crippen molar-refractivity contribution in [3.63, 3.8) is 0 Å². The Morgan fingerprint density at radius 2 is 2.00 bits per heavy atom. The lowest BCUT2D eigenvalue weighted by Crippen LogP contribution is -2.46. The van der Waals surface area contributed by atoms with Crippen molar-refractivity contribution in [1.82, 2.24) is 14.7 Å². The second-order valence-electron chi connectivity index (χ2n) is 10.9. The van der Waals surface area contributed by atoms with Crippen LogP contribution in [0.1, 0.15) is 68.9 Å². The lowest BCUT2D eigenvalue weighted by molar-refractivity contribution is -0.144. The van der Waals surface area contributed by atoms with E-state index in [4.69, 9.17) is 10.5 Å². The molecule has 3 atom stereocenters. The number of ether oxygens (including phenoxy) is 1. The second-order valence-corrected chi connectivity index (χ2v) is 10.9. The highest BCUT2D eigenvalue weighted by atomic mass is 16.5. The van der Waals surface area contributed by atoms with Crippen molar-refractivity contribution in [3.8, 4) is 5.75 Å². The maximum atomic E-state index is 13.5. The average molecular weight is 529 g/mol. The fourth-order valence-corrected chi connectivity index (χ4v) is 6.28. The summed E-state index contributed by atoms with van der Waals surface area (Å²) >= 11 is 0. The standard InChI is InChI=1S/C29H44N4O5/c1-2-3-13-31(15-6-12-30)27(35)20-33-19-23(21-8-9-25-22(18-21)11-17-38-25)28(29(36)37)24(33)10-16-32-14-5-4-7-26(32)34/h8-9,18,23-24,28H,2-7,10-17,19-20,30H2,1H3,(H,36,37)/t23-,24+,28?/m1/s1. The number of carboxylic acid groups (broad SMARTS) is 1. The number of nitrogens with two attached hydrogens (primary N) is 1. The van der Waals surface area contributed by atoms with Crippen LogP contribution in [0.25, 0.3) is 0 Å². The number of aliphatic carboxylic acids is 1. The minimum absolute atomic E-state index is 0.0260. The van der Waals surface area contributed by atoms with Gasteiger partial charge in [0.25, 0.3) is 0 Å². The van der Waals surface area contributed by atoms with Gasteiger partial charge in [0.2, 0.25) is 11.8 Å². The molecule has 1 aromatic rings. The highest BCUT2D eigenvalue weighted by Crippen LogP contribution is 2.41. The van der Waals surface area contributed by atoms with Crippen molar-refractivity contribution < 1.29 is 24.2 Å². The minimum atomic E-state index is -0.845. The van der Waals surface area contributed by atoms with Crippen molar-refractivity contribution in [3.05, 3.63) is 29.3 Å². The van der Waals surface area contributed by atoms with Gasteiger partial charge in [-0.25, -0.2) is 0 Å². The molecule has 0 saturated carbocycles. The third kappa shape index (κ3) is 6.67. The van der Waals surface area contributed by atoms with Gasteiger partial charge in [-0.05, 0) is 55.8 Å². The fraction of sp³-hybridized carbons (Fsp3) is 0.690. The molecule has 9 heteroatoms. The third-order valence-corrected chi connectivity index (χ3v) is 8.40. The number of hydrogen-bond donors (Lipinski definition) is 2. The Hall–Kier alpha value is -2.65. The largest absolute Gasteiger partial charge is 0.493 e. The molecule has 2 fully saturated rings. The topological polar surface area (TPSA) is 116 Å². The molecule has 3 heterocycles. The number of likely N-dealkylation sites (tertiary alicyclic amines) is 2. The summed E-state index contributed by atoms with van der Waals surface area (Å²) in [5.74, 6) is -0.693. The molecule has 0 aliphatic carbocycles. The summed E-state index contributed by atoms with van der Waals surface area (Å²) in [6.07, 6.45) is 6.48. The first-order valence-electron chi connectivity index (χ1n) is 14.4. The second kappa shape index (κ2) is 13.4. The Labute approximate surface area is 226 Å². The lowest BCUT2D eigenvalue weighted by Gasteiger charge is -2.32. The summed E-state index contributed by atoms with van der Waals surface area (Å²) < 4.78 is 5.67. The van der Waals surface area contributed by atoms with E-state index >= 15 is 0 Å². The Morgan fingerprint density at radius 3 is 2.74 bits per heavy atom. The lowest BCUT2D eigenvalue weighted by atomic mass is 9.83. The van der Waals surface area contributed by atoms with Crippen molar-refractivity contribution in [2.75, 3.05) is 52.4 Å². The van der Waals surface area contributed by atoms with Crippen LogP contribution in [-0.4, -0.2) is 96.1 Å². The summed E-state index contributed by atoms with van der Waals surface area (Å²) in [7, 11) is 0. The molecule has 9 nitrogen and oxygen atoms in total. The van der Waals surface area contributed by atoms with E-state index in [9.17, 15) is 19.5 Å². The first kappa shape index (κ1) is 28.4. The van der Waals surface area contributed by atoms with E-state index < -0.39 is 11.9 Å². The van der Waals surface area contributed by atoms with Gasteiger partial charge < -0.3 is 25.4 Å². The zero-order chi connectivity index (χ0) is 27.1. The van der Waals surface area contributed by atoms with E-state index in [2.05, 4.69) is 17.9 Å². The van der Waals surface area contributed by atoms with Gasteiger partial charge in [-0.15, -0.1) is 0 Å². The van der Waals surface area contributed by atoms with E-state index in [1.165, 1.54) is 0 Å². The number of unbranched alkanes of at least 4 members (excludes halogenated alkanes) is 1. The molecule has 0 aromatic heterocycles. The molecule has 38 heavy (non-hydrogen) atoms. The Balaban J connectivity index is 1.57. The van der Waals surface area contributed by atoms with Gasteiger partial charge in [0.05, 0.1) is 19.1 Å². The third-order valence-electron chi connectivity index (χ3n) is 8.40. The number of rotatable bonds is 13. The van der Waals surface area contributed by atoms with Crippen LogP contribution in [0.2, 0.25) is 0 Å². The number of benzene rings is 1. The molecule has 0 spiro atoms. The van der Waals surface area contributed by atoms with E-state index in [1.54, 1.807) is 0 Å². The van der Waals surface area contributed by atoms with Crippen molar-refractivity contribution >= 4 is 17.8 Å². The molecule has 210 valence electrons. The molecule has 0 radical (unpaired) electrons. The molecule has 1 aromatic carbocycles. The van der Waals surface area contributed by atoms with Crippen LogP contribution in [0.5, 0.6) is 5.75 Å². The molecule has 3 N–H and O–H groups in total.